The highest BCUT2D eigenvalue weighted by atomic mass is 127. The second-order valence-electron chi connectivity index (χ2n) is 7.67. The average molecular weight is 533 g/mol. The average Bonchev–Trinajstić information content (AvgIpc) is 3.29. The van der Waals surface area contributed by atoms with E-state index in [0.29, 0.717) is 6.54 Å². The number of rotatable bonds is 12. The maximum Gasteiger partial charge on any atom is 0.191 e. The summed E-state index contributed by atoms with van der Waals surface area (Å²) in [7, 11) is 1.98. The third-order valence-electron chi connectivity index (χ3n) is 4.81. The number of unbranched alkanes of at least 4 members (excludes halogenated alkanes) is 3. The van der Waals surface area contributed by atoms with E-state index in [2.05, 4.69) is 52.2 Å². The molecule has 0 fully saturated rings. The van der Waals surface area contributed by atoms with E-state index < -0.39 is 0 Å². The molecule has 8 heteroatoms. The first-order valence-corrected chi connectivity index (χ1v) is 11.3. The van der Waals surface area contributed by atoms with Crippen LogP contribution in [0.2, 0.25) is 0 Å². The molecule has 2 rings (SSSR count). The van der Waals surface area contributed by atoms with Crippen LogP contribution >= 0.6 is 35.3 Å². The van der Waals surface area contributed by atoms with Crippen LogP contribution in [0.1, 0.15) is 62.5 Å². The molecule has 0 aromatic carbocycles. The lowest BCUT2D eigenvalue weighted by molar-refractivity contribution is 0.518. The first-order chi connectivity index (χ1) is 13.6. The molecule has 0 bridgehead atoms. The number of aryl methyl sites for hydroxylation is 1. The van der Waals surface area contributed by atoms with Crippen molar-refractivity contribution < 1.29 is 0 Å². The number of nitrogens with one attached hydrogen (secondary N) is 2. The van der Waals surface area contributed by atoms with Gasteiger partial charge in [-0.1, -0.05) is 45.6 Å². The Labute approximate surface area is 197 Å². The van der Waals surface area contributed by atoms with Crippen molar-refractivity contribution in [2.24, 2.45) is 18.0 Å². The zero-order valence-electron chi connectivity index (χ0n) is 18.3. The SMILES string of the molecule is Cc1nnc(CN=C(NCCCCCCC(C)C)NCCc2cccs2)n1C.I. The van der Waals surface area contributed by atoms with Crippen LogP contribution in [-0.4, -0.2) is 33.8 Å². The highest BCUT2D eigenvalue weighted by Crippen LogP contribution is 2.09. The van der Waals surface area contributed by atoms with Gasteiger partial charge >= 0.3 is 0 Å². The number of aromatic nitrogens is 3. The van der Waals surface area contributed by atoms with Crippen LogP contribution in [0.3, 0.4) is 0 Å². The maximum absolute atomic E-state index is 4.72. The molecule has 29 heavy (non-hydrogen) atoms. The number of thiophene rings is 1. The van der Waals surface area contributed by atoms with E-state index in [1.807, 2.05) is 18.5 Å². The molecule has 0 atom stereocenters. The van der Waals surface area contributed by atoms with Crippen molar-refractivity contribution in [2.75, 3.05) is 13.1 Å². The number of aliphatic imine (C=N–C) groups is 1. The summed E-state index contributed by atoms with van der Waals surface area (Å²) in [6.45, 7) is 8.90. The standard InChI is InChI=1S/C21H36N6S.HI/c1-17(2)10-7-5-6-8-13-22-21(23-14-12-19-11-9-15-28-19)24-16-20-26-25-18(3)27(20)4;/h9,11,15,17H,5-8,10,12-14,16H2,1-4H3,(H2,22,23,24);1H. The molecule has 0 aliphatic heterocycles. The van der Waals surface area contributed by atoms with Crippen molar-refractivity contribution in [1.29, 1.82) is 0 Å². The molecule has 0 radical (unpaired) electrons. The summed E-state index contributed by atoms with van der Waals surface area (Å²) in [6.07, 6.45) is 7.44. The first-order valence-electron chi connectivity index (χ1n) is 10.5. The van der Waals surface area contributed by atoms with E-state index in [-0.39, 0.29) is 24.0 Å². The van der Waals surface area contributed by atoms with Gasteiger partial charge in [-0.15, -0.1) is 45.5 Å². The lowest BCUT2D eigenvalue weighted by atomic mass is 10.0. The number of nitrogens with zero attached hydrogens (tertiary/aromatic N) is 4. The van der Waals surface area contributed by atoms with Crippen molar-refractivity contribution in [2.45, 2.75) is 65.8 Å². The lowest BCUT2D eigenvalue weighted by Gasteiger charge is -2.12. The van der Waals surface area contributed by atoms with E-state index in [9.17, 15) is 0 Å². The van der Waals surface area contributed by atoms with Gasteiger partial charge < -0.3 is 15.2 Å². The normalized spacial score (nSPS) is 11.6. The van der Waals surface area contributed by atoms with Gasteiger partial charge in [0.25, 0.3) is 0 Å². The molecular weight excluding hydrogens is 495 g/mol. The van der Waals surface area contributed by atoms with Crippen molar-refractivity contribution in [3.63, 3.8) is 0 Å². The van der Waals surface area contributed by atoms with Crippen LogP contribution in [0.4, 0.5) is 0 Å². The summed E-state index contributed by atoms with van der Waals surface area (Å²) in [5, 5.41) is 17.4. The summed E-state index contributed by atoms with van der Waals surface area (Å²) in [4.78, 5) is 6.11. The molecule has 0 saturated heterocycles. The predicted octanol–water partition coefficient (Wildman–Crippen LogP) is 4.69. The van der Waals surface area contributed by atoms with Gasteiger partial charge in [-0.2, -0.15) is 0 Å². The van der Waals surface area contributed by atoms with E-state index in [4.69, 9.17) is 4.99 Å². The number of halogens is 1. The summed E-state index contributed by atoms with van der Waals surface area (Å²) in [5.74, 6) is 3.46. The molecule has 2 aromatic rings. The molecule has 6 nitrogen and oxygen atoms in total. The molecule has 0 aliphatic rings. The van der Waals surface area contributed by atoms with Gasteiger partial charge in [0.05, 0.1) is 0 Å². The van der Waals surface area contributed by atoms with Crippen LogP contribution in [0, 0.1) is 12.8 Å². The zero-order valence-corrected chi connectivity index (χ0v) is 21.4. The topological polar surface area (TPSA) is 67.1 Å². The zero-order chi connectivity index (χ0) is 20.2. The Morgan fingerprint density at radius 1 is 1.14 bits per heavy atom. The minimum absolute atomic E-state index is 0. The Hall–Kier alpha value is -1.16. The van der Waals surface area contributed by atoms with E-state index in [1.54, 1.807) is 11.3 Å². The molecule has 0 unspecified atom stereocenters. The Kier molecular flexibility index (Phi) is 13.2. The molecule has 0 saturated carbocycles. The van der Waals surface area contributed by atoms with Crippen molar-refractivity contribution >= 4 is 41.3 Å². The van der Waals surface area contributed by atoms with Gasteiger partial charge in [0.15, 0.2) is 11.8 Å². The van der Waals surface area contributed by atoms with Crippen molar-refractivity contribution in [3.8, 4) is 0 Å². The summed E-state index contributed by atoms with van der Waals surface area (Å²) >= 11 is 1.80. The van der Waals surface area contributed by atoms with E-state index >= 15 is 0 Å². The van der Waals surface area contributed by atoms with Crippen LogP contribution in [0.5, 0.6) is 0 Å². The minimum atomic E-state index is 0. The van der Waals surface area contributed by atoms with Crippen molar-refractivity contribution in [1.82, 2.24) is 25.4 Å². The maximum atomic E-state index is 4.72. The van der Waals surface area contributed by atoms with Crippen LogP contribution < -0.4 is 10.6 Å². The van der Waals surface area contributed by atoms with Gasteiger partial charge in [-0.05, 0) is 37.1 Å². The molecule has 2 aromatic heterocycles. The molecule has 2 N–H and O–H groups in total. The third-order valence-corrected chi connectivity index (χ3v) is 5.74. The van der Waals surface area contributed by atoms with Gasteiger partial charge in [0.2, 0.25) is 0 Å². The smallest absolute Gasteiger partial charge is 0.191 e. The predicted molar refractivity (Wildman–Crippen MR) is 134 cm³/mol. The fraction of sp³-hybridized carbons (Fsp3) is 0.667. The lowest BCUT2D eigenvalue weighted by Crippen LogP contribution is -2.39. The van der Waals surface area contributed by atoms with Gasteiger partial charge in [-0.25, -0.2) is 4.99 Å². The quantitative estimate of drug-likeness (QED) is 0.180. The van der Waals surface area contributed by atoms with E-state index in [0.717, 1.165) is 43.0 Å². The second kappa shape index (κ2) is 14.8. The summed E-state index contributed by atoms with van der Waals surface area (Å²) in [5.41, 5.74) is 0. The van der Waals surface area contributed by atoms with Crippen LogP contribution in [0.15, 0.2) is 22.5 Å². The van der Waals surface area contributed by atoms with Crippen molar-refractivity contribution in [3.05, 3.63) is 34.0 Å². The molecular formula is C21H37IN6S. The highest BCUT2D eigenvalue weighted by Gasteiger charge is 2.05. The van der Waals surface area contributed by atoms with Crippen LogP contribution in [-0.2, 0) is 20.0 Å². The fourth-order valence-corrected chi connectivity index (χ4v) is 3.62. The molecule has 0 amide bonds. The van der Waals surface area contributed by atoms with E-state index in [1.165, 1.54) is 37.0 Å². The van der Waals surface area contributed by atoms with Gasteiger partial charge in [0, 0.05) is 25.0 Å². The number of hydrogen-bond donors (Lipinski definition) is 2. The molecule has 0 aliphatic carbocycles. The molecule has 164 valence electrons. The summed E-state index contributed by atoms with van der Waals surface area (Å²) in [6, 6.07) is 4.28. The van der Waals surface area contributed by atoms with Gasteiger partial charge in [-0.3, -0.25) is 0 Å². The van der Waals surface area contributed by atoms with Gasteiger partial charge in [0.1, 0.15) is 12.4 Å². The Bertz CT molecular complexity index is 696. The third kappa shape index (κ3) is 10.4. The largest absolute Gasteiger partial charge is 0.356 e. The Morgan fingerprint density at radius 2 is 1.90 bits per heavy atom. The minimum Gasteiger partial charge on any atom is -0.356 e. The second-order valence-corrected chi connectivity index (χ2v) is 8.70. The molecule has 0 spiro atoms. The Morgan fingerprint density at radius 3 is 2.55 bits per heavy atom. The van der Waals surface area contributed by atoms with Crippen LogP contribution in [0.25, 0.3) is 0 Å². The highest BCUT2D eigenvalue weighted by molar-refractivity contribution is 14.0. The summed E-state index contributed by atoms with van der Waals surface area (Å²) < 4.78 is 1.99. The first kappa shape index (κ1) is 25.9. The Balaban J connectivity index is 0.00000420. The number of guanidine groups is 1. The monoisotopic (exact) mass is 532 g/mol. The molecule has 2 heterocycles. The number of hydrogen-bond acceptors (Lipinski definition) is 4. The fourth-order valence-electron chi connectivity index (χ4n) is 2.91.